The van der Waals surface area contributed by atoms with Gasteiger partial charge in [0.25, 0.3) is 0 Å². The van der Waals surface area contributed by atoms with Crippen LogP contribution in [0.15, 0.2) is 72.9 Å². The van der Waals surface area contributed by atoms with Gasteiger partial charge in [0, 0.05) is 12.8 Å². The standard InChI is InChI=1S/C46H79O9P/c1-4-5-30-36-43(47)37-32-27-23-19-15-11-9-13-17-21-25-29-34-39-46(49)55-44(41-54-56(50,51)52)40-53-45(48)38-33-28-24-20-16-12-8-6-7-10-14-18-22-26-31-35-42(2)3/h5,11,13,15,17,23,25,27,29-30,32,37,42-44,47H,4,6-10,12,14,16,18-22,24,26,28,31,33-36,38-41H2,1-3H3,(H2,50,51,52)/b15-11-,17-13-,27-23+,29-25-,30-5-,37-32+/t43?,44-/m1/s1. The predicted molar refractivity (Wildman–Crippen MR) is 231 cm³/mol. The van der Waals surface area contributed by atoms with Gasteiger partial charge in [0.2, 0.25) is 0 Å². The van der Waals surface area contributed by atoms with Gasteiger partial charge in [-0.3, -0.25) is 14.1 Å². The lowest BCUT2D eigenvalue weighted by atomic mass is 10.0. The first-order valence-corrected chi connectivity index (χ1v) is 23.2. The number of phosphoric acid groups is 1. The molecule has 322 valence electrons. The fourth-order valence-corrected chi connectivity index (χ4v) is 6.15. The van der Waals surface area contributed by atoms with Crippen LogP contribution in [0, 0.1) is 5.92 Å². The van der Waals surface area contributed by atoms with Gasteiger partial charge < -0.3 is 24.4 Å². The van der Waals surface area contributed by atoms with Crippen LogP contribution in [-0.2, 0) is 28.2 Å². The zero-order valence-electron chi connectivity index (χ0n) is 35.3. The Morgan fingerprint density at radius 2 is 1.12 bits per heavy atom. The first-order chi connectivity index (χ1) is 27.0. The van der Waals surface area contributed by atoms with Crippen molar-refractivity contribution in [2.45, 2.75) is 187 Å². The molecule has 1 unspecified atom stereocenters. The molecule has 9 nitrogen and oxygen atoms in total. The highest BCUT2D eigenvalue weighted by Gasteiger charge is 2.22. The van der Waals surface area contributed by atoms with Crippen molar-refractivity contribution in [3.8, 4) is 0 Å². The zero-order chi connectivity index (χ0) is 41.4. The van der Waals surface area contributed by atoms with E-state index in [4.69, 9.17) is 19.3 Å². The number of hydrogen-bond donors (Lipinski definition) is 3. The van der Waals surface area contributed by atoms with Crippen LogP contribution in [0.2, 0.25) is 0 Å². The fourth-order valence-electron chi connectivity index (χ4n) is 5.79. The summed E-state index contributed by atoms with van der Waals surface area (Å²) in [4.78, 5) is 42.9. The number of aliphatic hydroxyl groups excluding tert-OH is 1. The second-order valence-corrected chi connectivity index (χ2v) is 16.2. The molecule has 10 heteroatoms. The molecule has 0 saturated carbocycles. The van der Waals surface area contributed by atoms with Crippen LogP contribution in [-0.4, -0.2) is 52.3 Å². The largest absolute Gasteiger partial charge is 0.469 e. The topological polar surface area (TPSA) is 140 Å². The van der Waals surface area contributed by atoms with Crippen LogP contribution < -0.4 is 0 Å². The Kier molecular flexibility index (Phi) is 37.5. The van der Waals surface area contributed by atoms with E-state index >= 15 is 0 Å². The molecule has 56 heavy (non-hydrogen) atoms. The van der Waals surface area contributed by atoms with Crippen molar-refractivity contribution in [1.29, 1.82) is 0 Å². The molecule has 0 radical (unpaired) electrons. The van der Waals surface area contributed by atoms with Gasteiger partial charge >= 0.3 is 19.8 Å². The number of carbonyl (C=O) groups excluding carboxylic acids is 2. The molecular weight excluding hydrogens is 727 g/mol. The number of allylic oxidation sites excluding steroid dienone is 10. The zero-order valence-corrected chi connectivity index (χ0v) is 36.2. The van der Waals surface area contributed by atoms with E-state index in [-0.39, 0.29) is 19.4 Å². The van der Waals surface area contributed by atoms with E-state index in [0.29, 0.717) is 19.3 Å². The summed E-state index contributed by atoms with van der Waals surface area (Å²) in [5, 5.41) is 9.82. The Morgan fingerprint density at radius 3 is 1.66 bits per heavy atom. The number of ether oxygens (including phenoxy) is 2. The van der Waals surface area contributed by atoms with Crippen LogP contribution in [0.1, 0.15) is 175 Å². The highest BCUT2D eigenvalue weighted by atomic mass is 31.2. The van der Waals surface area contributed by atoms with Crippen molar-refractivity contribution in [3.05, 3.63) is 72.9 Å². The molecule has 0 rings (SSSR count). The maximum absolute atomic E-state index is 12.4. The summed E-state index contributed by atoms with van der Waals surface area (Å²) in [7, 11) is -4.79. The number of phosphoric ester groups is 1. The summed E-state index contributed by atoms with van der Waals surface area (Å²) in [5.74, 6) is -0.174. The van der Waals surface area contributed by atoms with Gasteiger partial charge in [-0.05, 0) is 50.9 Å². The predicted octanol–water partition coefficient (Wildman–Crippen LogP) is 12.3. The molecular formula is C46H79O9P. The van der Waals surface area contributed by atoms with Crippen molar-refractivity contribution >= 4 is 19.8 Å². The van der Waals surface area contributed by atoms with Crippen molar-refractivity contribution < 1.29 is 43.0 Å². The molecule has 0 aliphatic carbocycles. The summed E-state index contributed by atoms with van der Waals surface area (Å²) in [6.45, 7) is 5.76. The Labute approximate surface area is 341 Å². The number of carbonyl (C=O) groups is 2. The van der Waals surface area contributed by atoms with Crippen LogP contribution >= 0.6 is 7.82 Å². The lowest BCUT2D eigenvalue weighted by molar-refractivity contribution is -0.161. The van der Waals surface area contributed by atoms with Gasteiger partial charge in [-0.15, -0.1) is 0 Å². The Morgan fingerprint density at radius 1 is 0.607 bits per heavy atom. The summed E-state index contributed by atoms with van der Waals surface area (Å²) in [5.41, 5.74) is 0. The third kappa shape index (κ3) is 42.6. The quantitative estimate of drug-likeness (QED) is 0.0183. The van der Waals surface area contributed by atoms with Gasteiger partial charge in [0.05, 0.1) is 12.7 Å². The molecule has 0 aromatic carbocycles. The molecule has 0 aliphatic rings. The number of aliphatic hydroxyl groups is 1. The molecule has 2 atom stereocenters. The Balaban J connectivity index is 4.06. The average Bonchev–Trinajstić information content (AvgIpc) is 3.15. The van der Waals surface area contributed by atoms with Crippen molar-refractivity contribution in [1.82, 2.24) is 0 Å². The van der Waals surface area contributed by atoms with Crippen LogP contribution in [0.25, 0.3) is 0 Å². The molecule has 0 fully saturated rings. The summed E-state index contributed by atoms with van der Waals surface area (Å²) < 4.78 is 26.3. The monoisotopic (exact) mass is 807 g/mol. The SMILES string of the molecule is CC/C=C\CC(O)/C=C/C=C/C/C=C\C/C=C\C/C=C\CCC(=O)O[C@H](COC(=O)CCCCCCCCCCCCCCCCCC(C)C)COP(=O)(O)O. The van der Waals surface area contributed by atoms with Crippen LogP contribution in [0.4, 0.5) is 0 Å². The van der Waals surface area contributed by atoms with E-state index in [1.807, 2.05) is 48.6 Å². The number of esters is 2. The molecule has 3 N–H and O–H groups in total. The van der Waals surface area contributed by atoms with Crippen molar-refractivity contribution in [2.24, 2.45) is 5.92 Å². The molecule has 0 spiro atoms. The van der Waals surface area contributed by atoms with Gasteiger partial charge in [0.15, 0.2) is 6.10 Å². The molecule has 0 bridgehead atoms. The normalized spacial score (nSPS) is 13.8. The second-order valence-electron chi connectivity index (χ2n) is 15.0. The first-order valence-electron chi connectivity index (χ1n) is 21.7. The van der Waals surface area contributed by atoms with E-state index in [0.717, 1.165) is 50.9 Å². The van der Waals surface area contributed by atoms with Gasteiger partial charge in [-0.1, -0.05) is 190 Å². The maximum Gasteiger partial charge on any atom is 0.469 e. The first kappa shape index (κ1) is 53.5. The lowest BCUT2D eigenvalue weighted by Gasteiger charge is -2.18. The maximum atomic E-state index is 12.4. The average molecular weight is 807 g/mol. The minimum absolute atomic E-state index is 0.0691. The van der Waals surface area contributed by atoms with E-state index in [2.05, 4.69) is 43.5 Å². The molecule has 0 heterocycles. The number of unbranched alkanes of at least 4 members (excludes halogenated alkanes) is 14. The van der Waals surface area contributed by atoms with Gasteiger partial charge in [-0.25, -0.2) is 4.57 Å². The number of rotatable bonds is 38. The van der Waals surface area contributed by atoms with E-state index < -0.39 is 38.6 Å². The third-order valence-corrected chi connectivity index (χ3v) is 9.50. The molecule has 0 amide bonds. The van der Waals surface area contributed by atoms with E-state index in [1.54, 1.807) is 6.08 Å². The number of hydrogen-bond acceptors (Lipinski definition) is 7. The molecule has 0 saturated heterocycles. The van der Waals surface area contributed by atoms with Crippen molar-refractivity contribution in [3.63, 3.8) is 0 Å². The van der Waals surface area contributed by atoms with Crippen molar-refractivity contribution in [2.75, 3.05) is 13.2 Å². The highest BCUT2D eigenvalue weighted by Crippen LogP contribution is 2.36. The molecule has 0 aliphatic heterocycles. The third-order valence-electron chi connectivity index (χ3n) is 9.01. The molecule has 0 aromatic rings. The summed E-state index contributed by atoms with van der Waals surface area (Å²) in [6.07, 6.45) is 46.8. The Hall–Kier alpha value is -2.55. The lowest BCUT2D eigenvalue weighted by Crippen LogP contribution is -2.29. The van der Waals surface area contributed by atoms with Crippen LogP contribution in [0.5, 0.6) is 0 Å². The fraction of sp³-hybridized carbons (Fsp3) is 0.696. The highest BCUT2D eigenvalue weighted by molar-refractivity contribution is 7.46. The minimum Gasteiger partial charge on any atom is -0.462 e. The van der Waals surface area contributed by atoms with Crippen LogP contribution in [0.3, 0.4) is 0 Å². The van der Waals surface area contributed by atoms with E-state index in [1.165, 1.54) is 77.0 Å². The molecule has 0 aromatic heterocycles. The van der Waals surface area contributed by atoms with Gasteiger partial charge in [0.1, 0.15) is 6.61 Å². The minimum atomic E-state index is -4.79. The smallest absolute Gasteiger partial charge is 0.462 e. The van der Waals surface area contributed by atoms with Gasteiger partial charge in [-0.2, -0.15) is 0 Å². The summed E-state index contributed by atoms with van der Waals surface area (Å²) in [6, 6.07) is 0. The summed E-state index contributed by atoms with van der Waals surface area (Å²) >= 11 is 0. The second kappa shape index (κ2) is 39.3. The Bertz CT molecular complexity index is 1170. The van der Waals surface area contributed by atoms with E-state index in [9.17, 15) is 19.3 Å².